The maximum atomic E-state index is 11.6. The minimum atomic E-state index is 0.0604. The van der Waals surface area contributed by atoms with Crippen molar-refractivity contribution >= 4 is 11.6 Å². The third kappa shape index (κ3) is 3.12. The van der Waals surface area contributed by atoms with E-state index in [4.69, 9.17) is 0 Å². The number of likely N-dealkylation sites (tertiary alicyclic amines) is 1. The molecule has 2 N–H and O–H groups in total. The lowest BCUT2D eigenvalue weighted by molar-refractivity contribution is -0.119. The third-order valence-corrected chi connectivity index (χ3v) is 4.29. The average molecular weight is 273 g/mol. The Morgan fingerprint density at radius 2 is 2.10 bits per heavy atom. The summed E-state index contributed by atoms with van der Waals surface area (Å²) < 4.78 is 0. The number of likely N-dealkylation sites (N-methyl/N-ethyl adjacent to an activating group) is 1. The zero-order chi connectivity index (χ0) is 13.9. The predicted octanol–water partition coefficient (Wildman–Crippen LogP) is 1.62. The Kier molecular flexibility index (Phi) is 3.92. The lowest BCUT2D eigenvalue weighted by Crippen LogP contribution is -2.28. The quantitative estimate of drug-likeness (QED) is 0.857. The number of hydrogen-bond donors (Lipinski definition) is 2. The molecule has 1 aliphatic heterocycles. The van der Waals surface area contributed by atoms with Gasteiger partial charge in [0.15, 0.2) is 0 Å². The number of anilines is 1. The van der Waals surface area contributed by atoms with E-state index in [9.17, 15) is 4.79 Å². The normalized spacial score (nSPS) is 22.8. The number of benzene rings is 1. The molecule has 2 fully saturated rings. The second-order valence-corrected chi connectivity index (χ2v) is 5.86. The number of carbonyl (C=O) groups excluding carboxylic acids is 1. The molecule has 1 aromatic carbocycles. The van der Waals surface area contributed by atoms with Gasteiger partial charge >= 0.3 is 0 Å². The Bertz CT molecular complexity index is 484. The molecule has 1 amide bonds. The number of hydrogen-bond acceptors (Lipinski definition) is 3. The molecule has 3 rings (SSSR count). The molecule has 1 unspecified atom stereocenters. The first kappa shape index (κ1) is 13.4. The Hall–Kier alpha value is -1.55. The van der Waals surface area contributed by atoms with Gasteiger partial charge < -0.3 is 10.6 Å². The van der Waals surface area contributed by atoms with Crippen LogP contribution in [0.1, 0.15) is 24.8 Å². The van der Waals surface area contributed by atoms with Crippen molar-refractivity contribution < 1.29 is 4.79 Å². The van der Waals surface area contributed by atoms with Crippen LogP contribution in [0.2, 0.25) is 0 Å². The van der Waals surface area contributed by atoms with Gasteiger partial charge in [-0.05, 0) is 30.9 Å². The molecule has 20 heavy (non-hydrogen) atoms. The van der Waals surface area contributed by atoms with E-state index in [1.807, 2.05) is 18.2 Å². The van der Waals surface area contributed by atoms with E-state index in [2.05, 4.69) is 21.6 Å². The fourth-order valence-electron chi connectivity index (χ4n) is 2.97. The summed E-state index contributed by atoms with van der Waals surface area (Å²) in [6.45, 7) is 2.35. The van der Waals surface area contributed by atoms with Crippen molar-refractivity contribution in [2.75, 3.05) is 25.5 Å². The van der Waals surface area contributed by atoms with Crippen LogP contribution >= 0.6 is 0 Å². The number of para-hydroxylation sites is 1. The minimum absolute atomic E-state index is 0.0604. The molecule has 108 valence electrons. The van der Waals surface area contributed by atoms with E-state index >= 15 is 0 Å². The molecule has 1 aromatic rings. The lowest BCUT2D eigenvalue weighted by Gasteiger charge is -2.18. The molecule has 1 saturated carbocycles. The van der Waals surface area contributed by atoms with Gasteiger partial charge in [0, 0.05) is 37.9 Å². The zero-order valence-corrected chi connectivity index (χ0v) is 12.1. The van der Waals surface area contributed by atoms with Gasteiger partial charge in [-0.15, -0.1) is 0 Å². The Balaban J connectivity index is 1.63. The lowest BCUT2D eigenvalue weighted by atomic mass is 10.1. The first-order chi connectivity index (χ1) is 9.76. The van der Waals surface area contributed by atoms with Crippen molar-refractivity contribution in [2.45, 2.75) is 37.8 Å². The van der Waals surface area contributed by atoms with Crippen molar-refractivity contribution in [3.63, 3.8) is 0 Å². The van der Waals surface area contributed by atoms with Crippen molar-refractivity contribution in [1.29, 1.82) is 0 Å². The molecule has 1 aliphatic carbocycles. The van der Waals surface area contributed by atoms with Gasteiger partial charge in [0.2, 0.25) is 5.91 Å². The summed E-state index contributed by atoms with van der Waals surface area (Å²) in [6.07, 6.45) is 4.39. The monoisotopic (exact) mass is 273 g/mol. The largest absolute Gasteiger partial charge is 0.381 e. The fourth-order valence-corrected chi connectivity index (χ4v) is 2.97. The van der Waals surface area contributed by atoms with E-state index in [1.165, 1.54) is 25.8 Å². The summed E-state index contributed by atoms with van der Waals surface area (Å²) in [5.41, 5.74) is 2.19. The van der Waals surface area contributed by atoms with Gasteiger partial charge in [-0.25, -0.2) is 0 Å². The van der Waals surface area contributed by atoms with Crippen molar-refractivity contribution in [2.24, 2.45) is 0 Å². The van der Waals surface area contributed by atoms with Crippen LogP contribution in [-0.4, -0.2) is 43.0 Å². The minimum Gasteiger partial charge on any atom is -0.381 e. The van der Waals surface area contributed by atoms with Gasteiger partial charge in [-0.3, -0.25) is 9.69 Å². The summed E-state index contributed by atoms with van der Waals surface area (Å²) in [5.74, 6) is 0.0604. The highest BCUT2D eigenvalue weighted by Gasteiger charge is 2.34. The van der Waals surface area contributed by atoms with Crippen LogP contribution in [0, 0.1) is 0 Å². The molecule has 0 aromatic heterocycles. The summed E-state index contributed by atoms with van der Waals surface area (Å²) in [7, 11) is 1.68. The molecule has 2 aliphatic rings. The van der Waals surface area contributed by atoms with Gasteiger partial charge in [0.05, 0.1) is 6.42 Å². The van der Waals surface area contributed by atoms with Crippen LogP contribution in [0.5, 0.6) is 0 Å². The predicted molar refractivity (Wildman–Crippen MR) is 80.8 cm³/mol. The highest BCUT2D eigenvalue weighted by Crippen LogP contribution is 2.31. The van der Waals surface area contributed by atoms with E-state index in [0.717, 1.165) is 23.8 Å². The molecular formula is C16H23N3O. The van der Waals surface area contributed by atoms with Crippen LogP contribution in [0.3, 0.4) is 0 Å². The molecule has 0 radical (unpaired) electrons. The second-order valence-electron chi connectivity index (χ2n) is 5.86. The Labute approximate surface area is 120 Å². The molecule has 0 bridgehead atoms. The summed E-state index contributed by atoms with van der Waals surface area (Å²) in [4.78, 5) is 14.2. The van der Waals surface area contributed by atoms with Crippen LogP contribution < -0.4 is 10.6 Å². The molecular weight excluding hydrogens is 250 g/mol. The SMILES string of the molecule is CNC(=O)Cc1ccccc1NC1CCN(C2CC2)C1. The molecule has 1 atom stereocenters. The number of nitrogens with zero attached hydrogens (tertiary/aromatic N) is 1. The van der Waals surface area contributed by atoms with Crippen LogP contribution in [0.25, 0.3) is 0 Å². The number of amides is 1. The standard InChI is InChI=1S/C16H23N3O/c1-17-16(20)10-12-4-2-3-5-15(12)18-13-8-9-19(11-13)14-6-7-14/h2-5,13-14,18H,6-11H2,1H3,(H,17,20). The van der Waals surface area contributed by atoms with Gasteiger partial charge in [-0.1, -0.05) is 18.2 Å². The maximum Gasteiger partial charge on any atom is 0.224 e. The smallest absolute Gasteiger partial charge is 0.224 e. The molecule has 1 saturated heterocycles. The van der Waals surface area contributed by atoms with Crippen molar-refractivity contribution in [1.82, 2.24) is 10.2 Å². The number of rotatable bonds is 5. The Morgan fingerprint density at radius 3 is 2.85 bits per heavy atom. The van der Waals surface area contributed by atoms with Gasteiger partial charge in [0.25, 0.3) is 0 Å². The van der Waals surface area contributed by atoms with Crippen LogP contribution in [-0.2, 0) is 11.2 Å². The number of nitrogens with one attached hydrogen (secondary N) is 2. The second kappa shape index (κ2) is 5.83. The first-order valence-electron chi connectivity index (χ1n) is 7.55. The van der Waals surface area contributed by atoms with Crippen molar-refractivity contribution in [3.05, 3.63) is 29.8 Å². The highest BCUT2D eigenvalue weighted by atomic mass is 16.1. The van der Waals surface area contributed by atoms with E-state index in [-0.39, 0.29) is 5.91 Å². The molecule has 4 nitrogen and oxygen atoms in total. The summed E-state index contributed by atoms with van der Waals surface area (Å²) in [6, 6.07) is 9.51. The third-order valence-electron chi connectivity index (χ3n) is 4.29. The Morgan fingerprint density at radius 1 is 1.30 bits per heavy atom. The van der Waals surface area contributed by atoms with Gasteiger partial charge in [-0.2, -0.15) is 0 Å². The molecule has 4 heteroatoms. The fraction of sp³-hybridized carbons (Fsp3) is 0.562. The molecule has 1 heterocycles. The average Bonchev–Trinajstić information content (AvgIpc) is 3.21. The zero-order valence-electron chi connectivity index (χ0n) is 12.1. The van der Waals surface area contributed by atoms with Crippen LogP contribution in [0.15, 0.2) is 24.3 Å². The van der Waals surface area contributed by atoms with E-state index in [1.54, 1.807) is 7.05 Å². The highest BCUT2D eigenvalue weighted by molar-refractivity contribution is 5.80. The van der Waals surface area contributed by atoms with Crippen LogP contribution in [0.4, 0.5) is 5.69 Å². The maximum absolute atomic E-state index is 11.6. The van der Waals surface area contributed by atoms with Gasteiger partial charge in [0.1, 0.15) is 0 Å². The topological polar surface area (TPSA) is 44.4 Å². The van der Waals surface area contributed by atoms with E-state index in [0.29, 0.717) is 12.5 Å². The first-order valence-corrected chi connectivity index (χ1v) is 7.55. The molecule has 0 spiro atoms. The number of carbonyl (C=O) groups is 1. The summed E-state index contributed by atoms with van der Waals surface area (Å²) >= 11 is 0. The summed E-state index contributed by atoms with van der Waals surface area (Å²) in [5, 5.41) is 6.32. The van der Waals surface area contributed by atoms with Crippen molar-refractivity contribution in [3.8, 4) is 0 Å². The van der Waals surface area contributed by atoms with E-state index < -0.39 is 0 Å².